The van der Waals surface area contributed by atoms with Crippen molar-refractivity contribution in [2.45, 2.75) is 20.3 Å². The molecule has 108 valence electrons. The zero-order valence-corrected chi connectivity index (χ0v) is 13.1. The average Bonchev–Trinajstić information content (AvgIpc) is 2.86. The number of benzene rings is 1. The van der Waals surface area contributed by atoms with Crippen LogP contribution >= 0.6 is 22.9 Å². The Hall–Kier alpha value is -1.72. The molecule has 0 bridgehead atoms. The van der Waals surface area contributed by atoms with Crippen LogP contribution in [-0.2, 0) is 6.42 Å². The van der Waals surface area contributed by atoms with Crippen molar-refractivity contribution in [3.8, 4) is 11.6 Å². The molecular formula is C15H12ClFN2OS. The lowest BCUT2D eigenvalue weighted by atomic mass is 10.2. The van der Waals surface area contributed by atoms with E-state index in [-0.39, 0.29) is 16.9 Å². The molecule has 0 aliphatic rings. The third-order valence-corrected chi connectivity index (χ3v) is 4.37. The number of hydrogen-bond acceptors (Lipinski definition) is 4. The normalized spacial score (nSPS) is 11.0. The van der Waals surface area contributed by atoms with Gasteiger partial charge in [-0.2, -0.15) is 4.98 Å². The van der Waals surface area contributed by atoms with Crippen molar-refractivity contribution in [1.29, 1.82) is 0 Å². The highest BCUT2D eigenvalue weighted by Crippen LogP contribution is 2.34. The molecule has 0 saturated heterocycles. The summed E-state index contributed by atoms with van der Waals surface area (Å²) in [7, 11) is 0. The fraction of sp³-hybridized carbons (Fsp3) is 0.200. The van der Waals surface area contributed by atoms with E-state index in [1.165, 1.54) is 17.4 Å². The van der Waals surface area contributed by atoms with Crippen LogP contribution in [0, 0.1) is 12.7 Å². The number of nitrogens with zero attached hydrogens (tertiary/aromatic N) is 2. The van der Waals surface area contributed by atoms with Crippen LogP contribution in [-0.4, -0.2) is 9.97 Å². The van der Waals surface area contributed by atoms with E-state index < -0.39 is 5.82 Å². The van der Waals surface area contributed by atoms with Gasteiger partial charge in [-0.3, -0.25) is 0 Å². The van der Waals surface area contributed by atoms with Gasteiger partial charge >= 0.3 is 0 Å². The minimum Gasteiger partial charge on any atom is -0.435 e. The standard InChI is InChI=1S/C15H12ClFN2OS/c1-3-9-7-10-13(18-15(16)19-14(10)21-9)20-12-6-8(2)4-5-11(12)17/h4-7H,3H2,1-2H3. The predicted octanol–water partition coefficient (Wildman–Crippen LogP) is 5.15. The molecule has 2 heterocycles. The van der Waals surface area contributed by atoms with Gasteiger partial charge in [0.2, 0.25) is 11.2 Å². The second kappa shape index (κ2) is 5.58. The molecule has 0 saturated carbocycles. The molecule has 2 aromatic heterocycles. The van der Waals surface area contributed by atoms with Crippen molar-refractivity contribution >= 4 is 33.2 Å². The van der Waals surface area contributed by atoms with E-state index in [4.69, 9.17) is 16.3 Å². The Bertz CT molecular complexity index is 819. The van der Waals surface area contributed by atoms with Crippen molar-refractivity contribution in [3.63, 3.8) is 0 Å². The Labute approximate surface area is 130 Å². The van der Waals surface area contributed by atoms with Gasteiger partial charge in [-0.05, 0) is 48.7 Å². The van der Waals surface area contributed by atoms with Gasteiger partial charge in [0.05, 0.1) is 5.39 Å². The highest BCUT2D eigenvalue weighted by Gasteiger charge is 2.14. The molecule has 0 unspecified atom stereocenters. The minimum atomic E-state index is -0.436. The number of rotatable bonds is 3. The molecule has 0 fully saturated rings. The van der Waals surface area contributed by atoms with Gasteiger partial charge in [0, 0.05) is 4.88 Å². The summed E-state index contributed by atoms with van der Waals surface area (Å²) in [5, 5.41) is 0.845. The summed E-state index contributed by atoms with van der Waals surface area (Å²) in [6.07, 6.45) is 0.886. The fourth-order valence-electron chi connectivity index (χ4n) is 1.97. The number of halogens is 2. The molecule has 0 spiro atoms. The maximum absolute atomic E-state index is 13.8. The van der Waals surface area contributed by atoms with Crippen molar-refractivity contribution in [1.82, 2.24) is 9.97 Å². The fourth-order valence-corrected chi connectivity index (χ4v) is 3.13. The first kappa shape index (κ1) is 14.2. The number of aryl methyl sites for hydroxylation is 2. The maximum Gasteiger partial charge on any atom is 0.232 e. The highest BCUT2D eigenvalue weighted by molar-refractivity contribution is 7.18. The summed E-state index contributed by atoms with van der Waals surface area (Å²) in [6, 6.07) is 6.64. The van der Waals surface area contributed by atoms with Crippen LogP contribution in [0.15, 0.2) is 24.3 Å². The Morgan fingerprint density at radius 3 is 2.86 bits per heavy atom. The second-order valence-electron chi connectivity index (χ2n) is 4.62. The molecule has 0 amide bonds. The zero-order chi connectivity index (χ0) is 15.0. The van der Waals surface area contributed by atoms with Gasteiger partial charge in [-0.25, -0.2) is 9.37 Å². The molecule has 0 atom stereocenters. The smallest absolute Gasteiger partial charge is 0.232 e. The minimum absolute atomic E-state index is 0.0927. The van der Waals surface area contributed by atoms with Gasteiger partial charge in [0.25, 0.3) is 0 Å². The van der Waals surface area contributed by atoms with Crippen molar-refractivity contribution in [2.24, 2.45) is 0 Å². The average molecular weight is 323 g/mol. The zero-order valence-electron chi connectivity index (χ0n) is 11.5. The van der Waals surface area contributed by atoms with E-state index in [1.807, 2.05) is 13.0 Å². The molecule has 0 N–H and O–H groups in total. The molecular weight excluding hydrogens is 311 g/mol. The summed E-state index contributed by atoms with van der Waals surface area (Å²) < 4.78 is 19.5. The number of thiophene rings is 1. The van der Waals surface area contributed by atoms with Gasteiger partial charge < -0.3 is 4.74 Å². The number of ether oxygens (including phenoxy) is 1. The van der Waals surface area contributed by atoms with Crippen LogP contribution in [0.3, 0.4) is 0 Å². The van der Waals surface area contributed by atoms with Crippen LogP contribution < -0.4 is 4.74 Å². The monoisotopic (exact) mass is 322 g/mol. The Kier molecular flexibility index (Phi) is 3.78. The molecule has 6 heteroatoms. The largest absolute Gasteiger partial charge is 0.435 e. The molecule has 0 aliphatic carbocycles. The van der Waals surface area contributed by atoms with Gasteiger partial charge in [-0.15, -0.1) is 11.3 Å². The van der Waals surface area contributed by atoms with Crippen LogP contribution in [0.2, 0.25) is 5.28 Å². The Morgan fingerprint density at radius 1 is 1.29 bits per heavy atom. The summed E-state index contributed by atoms with van der Waals surface area (Å²) in [5.74, 6) is -0.0183. The maximum atomic E-state index is 13.8. The molecule has 1 aromatic carbocycles. The molecule has 3 aromatic rings. The predicted molar refractivity (Wildman–Crippen MR) is 83.0 cm³/mol. The Morgan fingerprint density at radius 2 is 2.10 bits per heavy atom. The van der Waals surface area contributed by atoms with E-state index in [0.29, 0.717) is 0 Å². The van der Waals surface area contributed by atoms with E-state index in [9.17, 15) is 4.39 Å². The topological polar surface area (TPSA) is 35.0 Å². The molecule has 3 rings (SSSR count). The molecule has 3 nitrogen and oxygen atoms in total. The third-order valence-electron chi connectivity index (χ3n) is 3.02. The lowest BCUT2D eigenvalue weighted by molar-refractivity contribution is 0.431. The van der Waals surface area contributed by atoms with Crippen LogP contribution in [0.4, 0.5) is 4.39 Å². The first-order valence-corrected chi connectivity index (χ1v) is 7.66. The van der Waals surface area contributed by atoms with Crippen molar-refractivity contribution in [2.75, 3.05) is 0 Å². The van der Waals surface area contributed by atoms with Crippen LogP contribution in [0.5, 0.6) is 11.6 Å². The van der Waals surface area contributed by atoms with Crippen LogP contribution in [0.1, 0.15) is 17.4 Å². The van der Waals surface area contributed by atoms with E-state index in [0.717, 1.165) is 27.1 Å². The molecule has 0 radical (unpaired) electrons. The van der Waals surface area contributed by atoms with E-state index in [2.05, 4.69) is 16.9 Å². The number of hydrogen-bond donors (Lipinski definition) is 0. The van der Waals surface area contributed by atoms with Crippen LogP contribution in [0.25, 0.3) is 10.2 Å². The van der Waals surface area contributed by atoms with Gasteiger partial charge in [0.15, 0.2) is 11.6 Å². The molecule has 0 aliphatic heterocycles. The third kappa shape index (κ3) is 2.84. The van der Waals surface area contributed by atoms with Crippen molar-refractivity contribution < 1.29 is 9.13 Å². The molecule has 21 heavy (non-hydrogen) atoms. The summed E-state index contributed by atoms with van der Waals surface area (Å²) >= 11 is 7.46. The van der Waals surface area contributed by atoms with E-state index in [1.54, 1.807) is 12.1 Å². The Balaban J connectivity index is 2.11. The SMILES string of the molecule is CCc1cc2c(Oc3cc(C)ccc3F)nc(Cl)nc2s1. The second-order valence-corrected chi connectivity index (χ2v) is 6.07. The summed E-state index contributed by atoms with van der Waals surface area (Å²) in [4.78, 5) is 10.2. The quantitative estimate of drug-likeness (QED) is 0.626. The number of aromatic nitrogens is 2. The summed E-state index contributed by atoms with van der Waals surface area (Å²) in [6.45, 7) is 3.93. The lowest BCUT2D eigenvalue weighted by Crippen LogP contribution is -1.94. The lowest BCUT2D eigenvalue weighted by Gasteiger charge is -2.07. The van der Waals surface area contributed by atoms with Gasteiger partial charge in [0.1, 0.15) is 4.83 Å². The van der Waals surface area contributed by atoms with Crippen molar-refractivity contribution in [3.05, 3.63) is 45.8 Å². The first-order chi connectivity index (χ1) is 10.1. The number of fused-ring (bicyclic) bond motifs is 1. The first-order valence-electron chi connectivity index (χ1n) is 6.46. The highest BCUT2D eigenvalue weighted by atomic mass is 35.5. The van der Waals surface area contributed by atoms with E-state index >= 15 is 0 Å². The van der Waals surface area contributed by atoms with Gasteiger partial charge in [-0.1, -0.05) is 13.0 Å². The summed E-state index contributed by atoms with van der Waals surface area (Å²) in [5.41, 5.74) is 0.905.